The van der Waals surface area contributed by atoms with Crippen LogP contribution in [0.3, 0.4) is 0 Å². The molecule has 1 N–H and O–H groups in total. The first kappa shape index (κ1) is 13.8. The lowest BCUT2D eigenvalue weighted by Gasteiger charge is -2.32. The Morgan fingerprint density at radius 3 is 2.95 bits per heavy atom. The minimum absolute atomic E-state index is 0.295. The standard InChI is InChI=1S/C15H16O7/c1-6(16)9-11-15(22-13(9)18)4-3-7-8(12(17)19-2)5-20-14(21-11)10(7)15/h3-7,9-11,14,16H,1-2H3/t6-,7+,9-,10+,11-,14?,15-/m0/s1. The van der Waals surface area contributed by atoms with Crippen LogP contribution in [0.15, 0.2) is 24.0 Å². The molecule has 1 unspecified atom stereocenters. The quantitative estimate of drug-likeness (QED) is 0.562. The maximum atomic E-state index is 12.1. The van der Waals surface area contributed by atoms with E-state index in [-0.39, 0.29) is 11.8 Å². The zero-order valence-corrected chi connectivity index (χ0v) is 12.1. The molecule has 0 saturated carbocycles. The molecule has 4 aliphatic rings. The number of aliphatic hydroxyl groups excluding tert-OH is 1. The van der Waals surface area contributed by atoms with Gasteiger partial charge in [0.15, 0.2) is 5.60 Å². The third-order valence-electron chi connectivity index (χ3n) is 5.00. The molecule has 2 fully saturated rings. The maximum Gasteiger partial charge on any atom is 0.337 e. The van der Waals surface area contributed by atoms with Gasteiger partial charge in [0.05, 0.1) is 31.0 Å². The van der Waals surface area contributed by atoms with Crippen molar-refractivity contribution in [3.63, 3.8) is 0 Å². The van der Waals surface area contributed by atoms with Gasteiger partial charge in [-0.05, 0) is 13.0 Å². The fraction of sp³-hybridized carbons (Fsp3) is 0.600. The van der Waals surface area contributed by atoms with Crippen LogP contribution >= 0.6 is 0 Å². The van der Waals surface area contributed by atoms with E-state index in [4.69, 9.17) is 18.9 Å². The Morgan fingerprint density at radius 1 is 1.50 bits per heavy atom. The first-order valence-corrected chi connectivity index (χ1v) is 7.19. The van der Waals surface area contributed by atoms with Gasteiger partial charge >= 0.3 is 11.9 Å². The van der Waals surface area contributed by atoms with E-state index < -0.39 is 42.0 Å². The van der Waals surface area contributed by atoms with E-state index in [1.165, 1.54) is 20.3 Å². The molecule has 1 spiro atoms. The van der Waals surface area contributed by atoms with Crippen molar-refractivity contribution >= 4 is 11.9 Å². The summed E-state index contributed by atoms with van der Waals surface area (Å²) in [7, 11) is 1.30. The molecule has 0 aromatic carbocycles. The van der Waals surface area contributed by atoms with Gasteiger partial charge in [-0.3, -0.25) is 4.79 Å². The molecule has 7 nitrogen and oxygen atoms in total. The van der Waals surface area contributed by atoms with Gasteiger partial charge in [-0.15, -0.1) is 0 Å². The van der Waals surface area contributed by atoms with E-state index in [9.17, 15) is 14.7 Å². The number of methoxy groups -OCH3 is 1. The van der Waals surface area contributed by atoms with Crippen LogP contribution in [0.25, 0.3) is 0 Å². The predicted octanol–water partition coefficient (Wildman–Crippen LogP) is -0.107. The van der Waals surface area contributed by atoms with Crippen molar-refractivity contribution in [2.24, 2.45) is 17.8 Å². The van der Waals surface area contributed by atoms with E-state index >= 15 is 0 Å². The highest BCUT2D eigenvalue weighted by Crippen LogP contribution is 2.58. The minimum atomic E-state index is -0.985. The number of aliphatic hydroxyl groups is 1. The monoisotopic (exact) mass is 308 g/mol. The first-order valence-electron chi connectivity index (χ1n) is 7.19. The smallest absolute Gasteiger partial charge is 0.337 e. The highest BCUT2D eigenvalue weighted by molar-refractivity contribution is 5.90. The lowest BCUT2D eigenvalue weighted by Crippen LogP contribution is -2.44. The molecule has 22 heavy (non-hydrogen) atoms. The Bertz CT molecular complexity index is 607. The van der Waals surface area contributed by atoms with Crippen LogP contribution in [0.2, 0.25) is 0 Å². The number of allylic oxidation sites excluding steroid dienone is 1. The molecule has 1 aliphatic carbocycles. The summed E-state index contributed by atoms with van der Waals surface area (Å²) in [6, 6.07) is 0. The van der Waals surface area contributed by atoms with Gasteiger partial charge < -0.3 is 24.1 Å². The number of carbonyl (C=O) groups excluding carboxylic acids is 2. The molecular weight excluding hydrogens is 292 g/mol. The topological polar surface area (TPSA) is 91.3 Å². The molecule has 0 aromatic heterocycles. The number of esters is 2. The highest BCUT2D eigenvalue weighted by Gasteiger charge is 2.72. The van der Waals surface area contributed by atoms with Gasteiger partial charge in [-0.1, -0.05) is 6.08 Å². The predicted molar refractivity (Wildman–Crippen MR) is 70.0 cm³/mol. The number of carbonyl (C=O) groups is 2. The summed E-state index contributed by atoms with van der Waals surface area (Å²) in [5.41, 5.74) is -0.612. The van der Waals surface area contributed by atoms with Crippen molar-refractivity contribution in [3.8, 4) is 0 Å². The van der Waals surface area contributed by atoms with Gasteiger partial charge in [-0.25, -0.2) is 4.79 Å². The van der Waals surface area contributed by atoms with Crippen LogP contribution in [-0.4, -0.2) is 48.3 Å². The Morgan fingerprint density at radius 2 is 2.27 bits per heavy atom. The summed E-state index contributed by atoms with van der Waals surface area (Å²) in [5.74, 6) is -2.37. The molecule has 3 heterocycles. The molecule has 3 aliphatic heterocycles. The van der Waals surface area contributed by atoms with Gasteiger partial charge in [0, 0.05) is 5.92 Å². The lowest BCUT2D eigenvalue weighted by atomic mass is 9.77. The summed E-state index contributed by atoms with van der Waals surface area (Å²) in [6.07, 6.45) is 2.81. The van der Waals surface area contributed by atoms with Gasteiger partial charge in [0.2, 0.25) is 6.29 Å². The fourth-order valence-electron chi connectivity index (χ4n) is 4.04. The van der Waals surface area contributed by atoms with Crippen LogP contribution in [0.4, 0.5) is 0 Å². The third-order valence-corrected chi connectivity index (χ3v) is 5.00. The lowest BCUT2D eigenvalue weighted by molar-refractivity contribution is -0.166. The Hall–Kier alpha value is -1.86. The SMILES string of the molecule is COC(=O)C1=COC2O[C@H]3[C@H]([C@H](C)O)C(=O)O[C@]34C=C[C@H]1[C@H]24. The summed E-state index contributed by atoms with van der Waals surface area (Å²) < 4.78 is 21.7. The number of hydrogen-bond acceptors (Lipinski definition) is 7. The minimum Gasteiger partial charge on any atom is -0.471 e. The molecule has 7 atom stereocenters. The second-order valence-corrected chi connectivity index (χ2v) is 6.08. The molecule has 0 amide bonds. The summed E-state index contributed by atoms with van der Waals surface area (Å²) in [4.78, 5) is 24.0. The Labute approximate surface area is 126 Å². The molecule has 0 bridgehead atoms. The highest BCUT2D eigenvalue weighted by atomic mass is 16.7. The molecular formula is C15H16O7. The van der Waals surface area contributed by atoms with Crippen molar-refractivity contribution in [2.45, 2.75) is 31.0 Å². The summed E-state index contributed by atoms with van der Waals surface area (Å²) >= 11 is 0. The normalized spacial score (nSPS) is 45.5. The van der Waals surface area contributed by atoms with Crippen molar-refractivity contribution in [2.75, 3.05) is 7.11 Å². The average molecular weight is 308 g/mol. The molecule has 118 valence electrons. The molecule has 0 radical (unpaired) electrons. The molecule has 4 rings (SSSR count). The van der Waals surface area contributed by atoms with Crippen molar-refractivity contribution < 1.29 is 33.6 Å². The fourth-order valence-corrected chi connectivity index (χ4v) is 4.04. The maximum absolute atomic E-state index is 12.1. The zero-order valence-electron chi connectivity index (χ0n) is 12.1. The first-order chi connectivity index (χ1) is 10.5. The van der Waals surface area contributed by atoms with Crippen molar-refractivity contribution in [1.29, 1.82) is 0 Å². The van der Waals surface area contributed by atoms with Gasteiger partial charge in [0.1, 0.15) is 12.0 Å². The van der Waals surface area contributed by atoms with Crippen molar-refractivity contribution in [1.82, 2.24) is 0 Å². The van der Waals surface area contributed by atoms with E-state index in [0.29, 0.717) is 5.57 Å². The molecule has 0 aromatic rings. The zero-order chi connectivity index (χ0) is 15.6. The second kappa shape index (κ2) is 4.33. The second-order valence-electron chi connectivity index (χ2n) is 6.08. The summed E-state index contributed by atoms with van der Waals surface area (Å²) in [5, 5.41) is 9.87. The number of hydrogen-bond donors (Lipinski definition) is 1. The van der Waals surface area contributed by atoms with E-state index in [1.807, 2.05) is 6.08 Å². The number of rotatable bonds is 2. The number of ether oxygens (including phenoxy) is 4. The van der Waals surface area contributed by atoms with E-state index in [0.717, 1.165) is 0 Å². The Balaban J connectivity index is 1.74. The Kier molecular flexibility index (Phi) is 2.71. The largest absolute Gasteiger partial charge is 0.471 e. The van der Waals surface area contributed by atoms with Crippen LogP contribution in [0.1, 0.15) is 6.92 Å². The van der Waals surface area contributed by atoms with Crippen molar-refractivity contribution in [3.05, 3.63) is 24.0 Å². The van der Waals surface area contributed by atoms with Crippen LogP contribution in [0, 0.1) is 17.8 Å². The summed E-state index contributed by atoms with van der Waals surface area (Å²) in [6.45, 7) is 1.53. The van der Waals surface area contributed by atoms with Gasteiger partial charge in [0.25, 0.3) is 0 Å². The third kappa shape index (κ3) is 1.47. The van der Waals surface area contributed by atoms with Crippen LogP contribution in [0.5, 0.6) is 0 Å². The average Bonchev–Trinajstić information content (AvgIpc) is 3.07. The molecule has 7 heteroatoms. The van der Waals surface area contributed by atoms with Gasteiger partial charge in [-0.2, -0.15) is 0 Å². The van der Waals surface area contributed by atoms with E-state index in [2.05, 4.69) is 0 Å². The molecule has 2 saturated heterocycles. The van der Waals surface area contributed by atoms with Crippen LogP contribution < -0.4 is 0 Å². The van der Waals surface area contributed by atoms with E-state index in [1.54, 1.807) is 6.08 Å². The van der Waals surface area contributed by atoms with Crippen LogP contribution in [-0.2, 0) is 28.5 Å².